The van der Waals surface area contributed by atoms with Gasteiger partial charge in [0.05, 0.1) is 29.7 Å². The van der Waals surface area contributed by atoms with Gasteiger partial charge < -0.3 is 20.1 Å². The van der Waals surface area contributed by atoms with Crippen LogP contribution < -0.4 is 0 Å². The fourth-order valence-corrected chi connectivity index (χ4v) is 2.93. The first-order chi connectivity index (χ1) is 10.6. The van der Waals surface area contributed by atoms with Crippen LogP contribution in [-0.2, 0) is 11.2 Å². The number of nitrogens with zero attached hydrogens (tertiary/aromatic N) is 2. The zero-order chi connectivity index (χ0) is 15.6. The molecule has 1 aliphatic rings. The first-order valence-electron chi connectivity index (χ1n) is 7.64. The van der Waals surface area contributed by atoms with Crippen LogP contribution in [0.15, 0.2) is 24.3 Å². The van der Waals surface area contributed by atoms with Gasteiger partial charge in [0.15, 0.2) is 0 Å². The van der Waals surface area contributed by atoms with Gasteiger partial charge in [0.2, 0.25) is 5.91 Å². The molecule has 3 rings (SSSR count). The number of imidazole rings is 1. The van der Waals surface area contributed by atoms with Crippen molar-refractivity contribution in [1.82, 2.24) is 14.9 Å². The van der Waals surface area contributed by atoms with E-state index in [4.69, 9.17) is 0 Å². The molecular weight excluding hydrogens is 282 g/mol. The summed E-state index contributed by atoms with van der Waals surface area (Å²) in [5.41, 5.74) is 0.737. The molecule has 6 heteroatoms. The Bertz CT molecular complexity index is 636. The van der Waals surface area contributed by atoms with Gasteiger partial charge in [0.1, 0.15) is 5.82 Å². The van der Waals surface area contributed by atoms with Crippen LogP contribution in [0.2, 0.25) is 0 Å². The number of aliphatic hydroxyl groups excluding tert-OH is 1. The number of benzene rings is 1. The normalized spacial score (nSPS) is 22.7. The molecule has 3 N–H and O–H groups in total. The van der Waals surface area contributed by atoms with Crippen molar-refractivity contribution in [3.63, 3.8) is 0 Å². The molecule has 0 unspecified atom stereocenters. The van der Waals surface area contributed by atoms with E-state index in [0.717, 1.165) is 11.0 Å². The highest BCUT2D eigenvalue weighted by molar-refractivity contribution is 5.80. The summed E-state index contributed by atoms with van der Waals surface area (Å²) in [5, 5.41) is 19.4. The molecule has 2 heterocycles. The summed E-state index contributed by atoms with van der Waals surface area (Å²) in [6.07, 6.45) is 1.86. The number of amides is 1. The van der Waals surface area contributed by atoms with E-state index in [1.165, 1.54) is 0 Å². The van der Waals surface area contributed by atoms with Crippen molar-refractivity contribution in [2.75, 3.05) is 19.7 Å². The van der Waals surface area contributed by atoms with E-state index in [1.807, 2.05) is 24.3 Å². The van der Waals surface area contributed by atoms with E-state index < -0.39 is 5.60 Å². The highest BCUT2D eigenvalue weighted by atomic mass is 16.3. The number of hydrogen-bond donors (Lipinski definition) is 3. The van der Waals surface area contributed by atoms with Gasteiger partial charge in [-0.2, -0.15) is 0 Å². The summed E-state index contributed by atoms with van der Waals surface area (Å²) >= 11 is 0. The molecule has 1 aromatic carbocycles. The Balaban J connectivity index is 1.66. The molecule has 1 fully saturated rings. The Hall–Kier alpha value is -1.92. The molecule has 1 aliphatic heterocycles. The van der Waals surface area contributed by atoms with Gasteiger partial charge in [-0.15, -0.1) is 0 Å². The zero-order valence-electron chi connectivity index (χ0n) is 12.5. The van der Waals surface area contributed by atoms with Crippen molar-refractivity contribution in [1.29, 1.82) is 0 Å². The number of aliphatic hydroxyl groups is 2. The molecule has 2 aromatic rings. The zero-order valence-corrected chi connectivity index (χ0v) is 12.5. The molecule has 6 nitrogen and oxygen atoms in total. The number of aromatic nitrogens is 2. The van der Waals surface area contributed by atoms with E-state index in [9.17, 15) is 15.0 Å². The Morgan fingerprint density at radius 2 is 2.14 bits per heavy atom. The number of hydrogen-bond acceptors (Lipinski definition) is 4. The van der Waals surface area contributed by atoms with Crippen LogP contribution in [0.1, 0.15) is 25.1 Å². The molecule has 0 saturated carbocycles. The second kappa shape index (κ2) is 6.06. The van der Waals surface area contributed by atoms with Crippen LogP contribution in [-0.4, -0.2) is 56.3 Å². The van der Waals surface area contributed by atoms with Gasteiger partial charge >= 0.3 is 0 Å². The standard InChI is InChI=1S/C16H21N3O3/c20-11-16(22)6-3-8-19(9-7-16)15(21)10-14-17-12-4-1-2-5-13(12)18-14/h1-2,4-5,20,22H,3,6-11H2,(H,17,18)/t16-/m0/s1. The third-order valence-corrected chi connectivity index (χ3v) is 4.32. The molecule has 1 saturated heterocycles. The van der Waals surface area contributed by atoms with E-state index in [1.54, 1.807) is 4.90 Å². The molecule has 0 aliphatic carbocycles. The molecule has 0 radical (unpaired) electrons. The molecule has 118 valence electrons. The van der Waals surface area contributed by atoms with Gasteiger partial charge in [-0.25, -0.2) is 4.98 Å². The number of likely N-dealkylation sites (tertiary alicyclic amines) is 1. The number of aromatic amines is 1. The lowest BCUT2D eigenvalue weighted by atomic mass is 9.96. The number of H-pyrrole nitrogens is 1. The average molecular weight is 303 g/mol. The van der Waals surface area contributed by atoms with E-state index in [2.05, 4.69) is 9.97 Å². The molecule has 1 atom stereocenters. The number of rotatable bonds is 3. The highest BCUT2D eigenvalue weighted by Crippen LogP contribution is 2.22. The minimum absolute atomic E-state index is 0.00115. The van der Waals surface area contributed by atoms with Gasteiger partial charge in [-0.3, -0.25) is 4.79 Å². The second-order valence-electron chi connectivity index (χ2n) is 5.99. The lowest BCUT2D eigenvalue weighted by Gasteiger charge is -2.24. The summed E-state index contributed by atoms with van der Waals surface area (Å²) in [7, 11) is 0. The fraction of sp³-hybridized carbons (Fsp3) is 0.500. The van der Waals surface area contributed by atoms with Crippen molar-refractivity contribution >= 4 is 16.9 Å². The monoisotopic (exact) mass is 303 g/mol. The van der Waals surface area contributed by atoms with Crippen molar-refractivity contribution in [2.24, 2.45) is 0 Å². The molecule has 1 amide bonds. The number of fused-ring (bicyclic) bond motifs is 1. The topological polar surface area (TPSA) is 89.5 Å². The van der Waals surface area contributed by atoms with Crippen molar-refractivity contribution in [3.05, 3.63) is 30.1 Å². The minimum Gasteiger partial charge on any atom is -0.393 e. The smallest absolute Gasteiger partial charge is 0.230 e. The van der Waals surface area contributed by atoms with Gasteiger partial charge in [-0.05, 0) is 31.4 Å². The Labute approximate surface area is 128 Å². The van der Waals surface area contributed by atoms with Crippen LogP contribution in [0.3, 0.4) is 0 Å². The predicted molar refractivity (Wildman–Crippen MR) is 82.3 cm³/mol. The van der Waals surface area contributed by atoms with E-state index in [0.29, 0.717) is 38.2 Å². The van der Waals surface area contributed by atoms with Gasteiger partial charge in [0.25, 0.3) is 0 Å². The third-order valence-electron chi connectivity index (χ3n) is 4.32. The highest BCUT2D eigenvalue weighted by Gasteiger charge is 2.30. The molecule has 1 aromatic heterocycles. The lowest BCUT2D eigenvalue weighted by molar-refractivity contribution is -0.130. The number of nitrogens with one attached hydrogen (secondary N) is 1. The lowest BCUT2D eigenvalue weighted by Crippen LogP contribution is -2.37. The predicted octanol–water partition coefficient (Wildman–Crippen LogP) is 0.841. The fourth-order valence-electron chi connectivity index (χ4n) is 2.93. The van der Waals surface area contributed by atoms with Crippen molar-refractivity contribution in [2.45, 2.75) is 31.3 Å². The van der Waals surface area contributed by atoms with Crippen molar-refractivity contribution < 1.29 is 15.0 Å². The molecule has 0 bridgehead atoms. The van der Waals surface area contributed by atoms with Crippen LogP contribution in [0, 0.1) is 0 Å². The summed E-state index contributed by atoms with van der Waals surface area (Å²) in [6.45, 7) is 0.829. The summed E-state index contributed by atoms with van der Waals surface area (Å²) in [5.74, 6) is 0.661. The molecule has 0 spiro atoms. The average Bonchev–Trinajstić information content (AvgIpc) is 2.81. The Morgan fingerprint density at radius 1 is 1.32 bits per heavy atom. The summed E-state index contributed by atoms with van der Waals surface area (Å²) < 4.78 is 0. The first-order valence-corrected chi connectivity index (χ1v) is 7.64. The summed E-state index contributed by atoms with van der Waals surface area (Å²) in [6, 6.07) is 7.69. The quantitative estimate of drug-likeness (QED) is 0.784. The van der Waals surface area contributed by atoms with Gasteiger partial charge in [-0.1, -0.05) is 12.1 Å². The van der Waals surface area contributed by atoms with Crippen LogP contribution >= 0.6 is 0 Å². The van der Waals surface area contributed by atoms with E-state index >= 15 is 0 Å². The second-order valence-corrected chi connectivity index (χ2v) is 5.99. The Kier molecular flexibility index (Phi) is 4.13. The van der Waals surface area contributed by atoms with Crippen LogP contribution in [0.25, 0.3) is 11.0 Å². The minimum atomic E-state index is -1.05. The maximum absolute atomic E-state index is 12.4. The van der Waals surface area contributed by atoms with Crippen molar-refractivity contribution in [3.8, 4) is 0 Å². The SMILES string of the molecule is O=C(Cc1nc2ccccc2[nH]1)N1CCC[C@@](O)(CO)CC1. The van der Waals surface area contributed by atoms with Crippen LogP contribution in [0.4, 0.5) is 0 Å². The maximum atomic E-state index is 12.4. The Morgan fingerprint density at radius 3 is 2.91 bits per heavy atom. The number of para-hydroxylation sites is 2. The summed E-state index contributed by atoms with van der Waals surface area (Å²) in [4.78, 5) is 21.8. The van der Waals surface area contributed by atoms with Gasteiger partial charge in [0, 0.05) is 13.1 Å². The molecule has 22 heavy (non-hydrogen) atoms. The maximum Gasteiger partial charge on any atom is 0.230 e. The van der Waals surface area contributed by atoms with Crippen LogP contribution in [0.5, 0.6) is 0 Å². The molecular formula is C16H21N3O3. The number of carbonyl (C=O) groups excluding carboxylic acids is 1. The number of carbonyl (C=O) groups is 1. The third kappa shape index (κ3) is 3.13. The first kappa shape index (κ1) is 15.0. The van der Waals surface area contributed by atoms with E-state index in [-0.39, 0.29) is 18.9 Å². The largest absolute Gasteiger partial charge is 0.393 e.